The number of nitrogens with zero attached hydrogens (tertiary/aromatic N) is 3. The Hall–Kier alpha value is -4.20. The fourth-order valence-corrected chi connectivity index (χ4v) is 5.27. The van der Waals surface area contributed by atoms with E-state index in [1.165, 1.54) is 12.7 Å². The van der Waals surface area contributed by atoms with Gasteiger partial charge in [-0.05, 0) is 55.0 Å². The molecule has 0 saturated heterocycles. The van der Waals surface area contributed by atoms with E-state index in [0.29, 0.717) is 29.2 Å². The number of aryl methyl sites for hydroxylation is 1. The number of fused-ring (bicyclic) bond motifs is 1. The topological polar surface area (TPSA) is 132 Å². The minimum atomic E-state index is 0.0579. The van der Waals surface area contributed by atoms with Gasteiger partial charge < -0.3 is 20.7 Å². The largest absolute Gasteiger partial charge is 0.508 e. The Kier molecular flexibility index (Phi) is 6.41. The molecule has 1 aliphatic carbocycles. The second-order valence-corrected chi connectivity index (χ2v) is 9.44. The van der Waals surface area contributed by atoms with E-state index < -0.39 is 0 Å². The molecule has 36 heavy (non-hydrogen) atoms. The normalized spacial score (nSPS) is 14.1. The Bertz CT molecular complexity index is 1500. The van der Waals surface area contributed by atoms with Crippen molar-refractivity contribution in [2.75, 3.05) is 11.1 Å². The van der Waals surface area contributed by atoms with Crippen LogP contribution < -0.4 is 22.0 Å². The summed E-state index contributed by atoms with van der Waals surface area (Å²) in [6.07, 6.45) is 6.83. The zero-order chi connectivity index (χ0) is 25.2. The van der Waals surface area contributed by atoms with Gasteiger partial charge in [0.25, 0.3) is 5.56 Å². The summed E-state index contributed by atoms with van der Waals surface area (Å²) in [4.78, 5) is 22.3. The standard InChI is InChI=1S/C28H30N6O2/c1-17-7-5-8-18-13-21(34(28(36)23(17)18)20-10-3-2-4-11-20)15-31-27-24(26(30)32-16-33-27)25(29)19-9-6-12-22(35)14-19/h5-9,12-14,16,20,29,35H,2-4,10-11,15H2,1H3,(H3,30,31,32,33)/p+1. The molecule has 1 saturated carbocycles. The van der Waals surface area contributed by atoms with Crippen molar-refractivity contribution < 1.29 is 10.5 Å². The van der Waals surface area contributed by atoms with Gasteiger partial charge in [0.05, 0.1) is 17.5 Å². The molecule has 0 bridgehead atoms. The molecule has 184 valence electrons. The molecule has 0 radical (unpaired) electrons. The van der Waals surface area contributed by atoms with Crippen LogP contribution in [0.15, 0.2) is 59.7 Å². The molecule has 0 unspecified atom stereocenters. The van der Waals surface area contributed by atoms with Crippen LogP contribution in [-0.4, -0.2) is 25.4 Å². The summed E-state index contributed by atoms with van der Waals surface area (Å²) in [7, 11) is 0. The Morgan fingerprint density at radius 1 is 1.14 bits per heavy atom. The predicted molar refractivity (Wildman–Crippen MR) is 142 cm³/mol. The van der Waals surface area contributed by atoms with Gasteiger partial charge in [-0.3, -0.25) is 10.2 Å². The molecule has 0 spiro atoms. The van der Waals surface area contributed by atoms with Crippen molar-refractivity contribution in [2.24, 2.45) is 0 Å². The summed E-state index contributed by atoms with van der Waals surface area (Å²) in [6.45, 7) is 2.36. The minimum Gasteiger partial charge on any atom is -0.508 e. The van der Waals surface area contributed by atoms with E-state index in [9.17, 15) is 9.90 Å². The van der Waals surface area contributed by atoms with Gasteiger partial charge in [-0.15, -0.1) is 0 Å². The van der Waals surface area contributed by atoms with Gasteiger partial charge in [-0.1, -0.05) is 43.5 Å². The van der Waals surface area contributed by atoms with Crippen molar-refractivity contribution >= 4 is 28.1 Å². The van der Waals surface area contributed by atoms with Crippen molar-refractivity contribution in [3.05, 3.63) is 87.6 Å². The molecular formula is C28H31N6O2+. The summed E-state index contributed by atoms with van der Waals surface area (Å²) < 4.78 is 1.98. The highest BCUT2D eigenvalue weighted by atomic mass is 16.3. The quantitative estimate of drug-likeness (QED) is 0.312. The fraction of sp³-hybridized carbons (Fsp3) is 0.286. The van der Waals surface area contributed by atoms with Gasteiger partial charge in [0, 0.05) is 11.7 Å². The van der Waals surface area contributed by atoms with Crippen LogP contribution in [0.4, 0.5) is 11.6 Å². The summed E-state index contributed by atoms with van der Waals surface area (Å²) in [5.41, 5.74) is 9.58. The number of hydrogen-bond acceptors (Lipinski definition) is 6. The maximum absolute atomic E-state index is 13.8. The van der Waals surface area contributed by atoms with Gasteiger partial charge in [0.15, 0.2) is 0 Å². The third-order valence-corrected chi connectivity index (χ3v) is 7.05. The monoisotopic (exact) mass is 483 g/mol. The number of nitrogens with one attached hydrogen (secondary N) is 1. The predicted octanol–water partition coefficient (Wildman–Crippen LogP) is 3.10. The zero-order valence-corrected chi connectivity index (χ0v) is 20.4. The number of nitrogens with two attached hydrogens (primary N) is 2. The number of phenolic OH excluding ortho intramolecular Hbond substituents is 1. The van der Waals surface area contributed by atoms with E-state index in [4.69, 9.17) is 11.1 Å². The number of phenols is 1. The lowest BCUT2D eigenvalue weighted by molar-refractivity contribution is -0.111. The van der Waals surface area contributed by atoms with Crippen molar-refractivity contribution in [3.63, 3.8) is 0 Å². The SMILES string of the molecule is Cc1cccc2cc(CNc3ncnc(N)c3C(=[NH2+])c3cccc(O)c3)n(C3CCCCC3)c(=O)c12. The summed E-state index contributed by atoms with van der Waals surface area (Å²) >= 11 is 0. The zero-order valence-electron chi connectivity index (χ0n) is 20.4. The number of nitrogen functional groups attached to an aromatic ring is 1. The maximum Gasteiger partial charge on any atom is 0.259 e. The van der Waals surface area contributed by atoms with E-state index in [-0.39, 0.29) is 23.2 Å². The lowest BCUT2D eigenvalue weighted by atomic mass is 9.94. The number of benzene rings is 2. The number of aromatic nitrogens is 3. The van der Waals surface area contributed by atoms with Gasteiger partial charge in [-0.25, -0.2) is 9.97 Å². The molecule has 6 N–H and O–H groups in total. The first-order valence-corrected chi connectivity index (χ1v) is 12.3. The van der Waals surface area contributed by atoms with Gasteiger partial charge in [0.1, 0.15) is 29.3 Å². The van der Waals surface area contributed by atoms with Crippen LogP contribution >= 0.6 is 0 Å². The lowest BCUT2D eigenvalue weighted by Crippen LogP contribution is -2.42. The van der Waals surface area contributed by atoms with Crippen molar-refractivity contribution in [2.45, 2.75) is 51.6 Å². The first kappa shape index (κ1) is 23.5. The molecule has 0 atom stereocenters. The van der Waals surface area contributed by atoms with Gasteiger partial charge in [0.2, 0.25) is 5.71 Å². The van der Waals surface area contributed by atoms with Crippen molar-refractivity contribution in [3.8, 4) is 5.75 Å². The molecule has 1 fully saturated rings. The summed E-state index contributed by atoms with van der Waals surface area (Å²) in [5, 5.41) is 21.4. The van der Waals surface area contributed by atoms with Crippen molar-refractivity contribution in [1.82, 2.24) is 14.5 Å². The summed E-state index contributed by atoms with van der Waals surface area (Å²) in [5.74, 6) is 0.797. The number of pyridine rings is 1. The van der Waals surface area contributed by atoms with Crippen LogP contribution in [0.1, 0.15) is 60.5 Å². The van der Waals surface area contributed by atoms with Crippen LogP contribution in [-0.2, 0) is 6.54 Å². The number of anilines is 2. The first-order chi connectivity index (χ1) is 17.4. The molecule has 2 aromatic heterocycles. The van der Waals surface area contributed by atoms with Crippen molar-refractivity contribution in [1.29, 1.82) is 0 Å². The Morgan fingerprint density at radius 3 is 2.69 bits per heavy atom. The average Bonchev–Trinajstić information content (AvgIpc) is 2.87. The second kappa shape index (κ2) is 9.81. The van der Waals surface area contributed by atoms with E-state index in [2.05, 4.69) is 21.4 Å². The molecule has 8 heteroatoms. The van der Waals surface area contributed by atoms with Crippen LogP contribution in [0.25, 0.3) is 10.8 Å². The number of aromatic hydroxyl groups is 1. The van der Waals surface area contributed by atoms with Crippen LogP contribution in [0, 0.1) is 6.92 Å². The van der Waals surface area contributed by atoms with E-state index in [1.54, 1.807) is 24.3 Å². The van der Waals surface area contributed by atoms with E-state index >= 15 is 0 Å². The third kappa shape index (κ3) is 4.42. The highest BCUT2D eigenvalue weighted by molar-refractivity contribution is 6.14. The Balaban J connectivity index is 1.55. The first-order valence-electron chi connectivity index (χ1n) is 12.3. The molecule has 5 rings (SSSR count). The van der Waals surface area contributed by atoms with Gasteiger partial charge >= 0.3 is 0 Å². The van der Waals surface area contributed by atoms with Crippen LogP contribution in [0.2, 0.25) is 0 Å². The van der Waals surface area contributed by atoms with Crippen LogP contribution in [0.5, 0.6) is 5.75 Å². The highest BCUT2D eigenvalue weighted by Crippen LogP contribution is 2.30. The Morgan fingerprint density at radius 2 is 1.92 bits per heavy atom. The molecule has 0 amide bonds. The van der Waals surface area contributed by atoms with E-state index in [1.807, 2.05) is 29.7 Å². The molecule has 8 nitrogen and oxygen atoms in total. The molecule has 0 aliphatic heterocycles. The maximum atomic E-state index is 13.8. The molecular weight excluding hydrogens is 452 g/mol. The number of rotatable bonds is 6. The molecule has 4 aromatic rings. The lowest BCUT2D eigenvalue weighted by Gasteiger charge is -2.27. The molecule has 2 aromatic carbocycles. The second-order valence-electron chi connectivity index (χ2n) is 9.44. The van der Waals surface area contributed by atoms with E-state index in [0.717, 1.165) is 47.7 Å². The average molecular weight is 484 g/mol. The fourth-order valence-electron chi connectivity index (χ4n) is 5.27. The molecule has 2 heterocycles. The van der Waals surface area contributed by atoms with Gasteiger partial charge in [-0.2, -0.15) is 0 Å². The smallest absolute Gasteiger partial charge is 0.259 e. The molecule has 1 aliphatic rings. The third-order valence-electron chi connectivity index (χ3n) is 7.05. The Labute approximate surface area is 209 Å². The summed E-state index contributed by atoms with van der Waals surface area (Å²) in [6, 6.07) is 14.9. The number of hydrogen-bond donors (Lipinski definition) is 4. The highest BCUT2D eigenvalue weighted by Gasteiger charge is 2.24. The minimum absolute atomic E-state index is 0.0579. The van der Waals surface area contributed by atoms with Crippen LogP contribution in [0.3, 0.4) is 0 Å².